The molecule has 0 atom stereocenters. The van der Waals surface area contributed by atoms with Crippen molar-refractivity contribution in [2.45, 2.75) is 19.8 Å². The number of benzene rings is 2. The minimum Gasteiger partial charge on any atom is -0.369 e. The van der Waals surface area contributed by atoms with Crippen LogP contribution in [0.5, 0.6) is 0 Å². The third-order valence-electron chi connectivity index (χ3n) is 5.77. The standard InChI is InChI=1S/C22H23N3O2/c1-22(21(23)27)9-12-25(13-10-22)20(26)16-4-2-15(3-5-16)17-6-7-19-18(14-17)8-11-24-19/h2-8,11,14,24H,9-10,12-13H2,1H3,(H2,23,27). The number of likely N-dealkylation sites (tertiary alicyclic amines) is 1. The maximum absolute atomic E-state index is 12.8. The Morgan fingerprint density at radius 1 is 1.00 bits per heavy atom. The number of aromatic nitrogens is 1. The molecule has 3 aromatic rings. The lowest BCUT2D eigenvalue weighted by atomic mass is 9.79. The Hall–Kier alpha value is -3.08. The molecule has 0 spiro atoms. The van der Waals surface area contributed by atoms with Gasteiger partial charge < -0.3 is 15.6 Å². The number of rotatable bonds is 3. The number of nitrogens with zero attached hydrogens (tertiary/aromatic N) is 1. The fraction of sp³-hybridized carbons (Fsp3) is 0.273. The van der Waals surface area contributed by atoms with E-state index in [1.165, 1.54) is 5.39 Å². The van der Waals surface area contributed by atoms with Crippen LogP contribution in [0.4, 0.5) is 0 Å². The summed E-state index contributed by atoms with van der Waals surface area (Å²) in [5.74, 6) is -0.271. The van der Waals surface area contributed by atoms with Gasteiger partial charge in [-0.25, -0.2) is 0 Å². The summed E-state index contributed by atoms with van der Waals surface area (Å²) < 4.78 is 0. The van der Waals surface area contributed by atoms with Crippen LogP contribution in [0.2, 0.25) is 0 Å². The molecule has 3 N–H and O–H groups in total. The summed E-state index contributed by atoms with van der Waals surface area (Å²) in [5, 5.41) is 1.17. The summed E-state index contributed by atoms with van der Waals surface area (Å²) in [7, 11) is 0. The SMILES string of the molecule is CC1(C(N)=O)CCN(C(=O)c2ccc(-c3ccc4[nH]ccc4c3)cc2)CC1. The van der Waals surface area contributed by atoms with Gasteiger partial charge in [0.05, 0.1) is 0 Å². The summed E-state index contributed by atoms with van der Waals surface area (Å²) in [5.41, 5.74) is 8.97. The van der Waals surface area contributed by atoms with E-state index in [0.717, 1.165) is 16.6 Å². The smallest absolute Gasteiger partial charge is 0.253 e. The Morgan fingerprint density at radius 2 is 1.67 bits per heavy atom. The highest BCUT2D eigenvalue weighted by atomic mass is 16.2. The number of amides is 2. The topological polar surface area (TPSA) is 79.2 Å². The first-order valence-electron chi connectivity index (χ1n) is 9.23. The molecule has 138 valence electrons. The van der Waals surface area contributed by atoms with Gasteiger partial charge >= 0.3 is 0 Å². The Balaban J connectivity index is 1.49. The molecule has 2 amide bonds. The summed E-state index contributed by atoms with van der Waals surface area (Å²) >= 11 is 0. The average molecular weight is 361 g/mol. The van der Waals surface area contributed by atoms with Crippen LogP contribution in [0.25, 0.3) is 22.0 Å². The minimum absolute atomic E-state index is 0.00848. The third kappa shape index (κ3) is 3.21. The van der Waals surface area contributed by atoms with Crippen molar-refractivity contribution in [3.8, 4) is 11.1 Å². The van der Waals surface area contributed by atoms with Gasteiger partial charge in [0.25, 0.3) is 5.91 Å². The number of H-pyrrole nitrogens is 1. The molecule has 0 saturated carbocycles. The highest BCUT2D eigenvalue weighted by molar-refractivity contribution is 5.95. The molecule has 5 nitrogen and oxygen atoms in total. The van der Waals surface area contributed by atoms with Crippen molar-refractivity contribution in [2.75, 3.05) is 13.1 Å². The maximum Gasteiger partial charge on any atom is 0.253 e. The van der Waals surface area contributed by atoms with Crippen LogP contribution in [-0.2, 0) is 4.79 Å². The summed E-state index contributed by atoms with van der Waals surface area (Å²) in [6.45, 7) is 3.00. The van der Waals surface area contributed by atoms with Crippen molar-refractivity contribution in [1.82, 2.24) is 9.88 Å². The zero-order chi connectivity index (χ0) is 19.0. The van der Waals surface area contributed by atoms with Crippen molar-refractivity contribution >= 4 is 22.7 Å². The van der Waals surface area contributed by atoms with Crippen LogP contribution in [0.15, 0.2) is 54.7 Å². The van der Waals surface area contributed by atoms with Crippen LogP contribution < -0.4 is 5.73 Å². The highest BCUT2D eigenvalue weighted by Crippen LogP contribution is 2.31. The van der Waals surface area contributed by atoms with Gasteiger partial charge in [-0.15, -0.1) is 0 Å². The molecule has 0 unspecified atom stereocenters. The maximum atomic E-state index is 12.8. The van der Waals surface area contributed by atoms with E-state index in [1.807, 2.05) is 48.4 Å². The van der Waals surface area contributed by atoms with Gasteiger partial charge in [-0.1, -0.05) is 25.1 Å². The predicted octanol–water partition coefficient (Wildman–Crippen LogP) is 3.56. The second kappa shape index (κ2) is 6.58. The highest BCUT2D eigenvalue weighted by Gasteiger charge is 2.36. The van der Waals surface area contributed by atoms with Gasteiger partial charge in [0.2, 0.25) is 5.91 Å². The number of hydrogen-bond acceptors (Lipinski definition) is 2. The average Bonchev–Trinajstić information content (AvgIpc) is 3.16. The van der Waals surface area contributed by atoms with Gasteiger partial charge in [-0.05, 0) is 59.7 Å². The van der Waals surface area contributed by atoms with Crippen LogP contribution in [0.3, 0.4) is 0 Å². The summed E-state index contributed by atoms with van der Waals surface area (Å²) in [4.78, 5) is 29.4. The van der Waals surface area contributed by atoms with Crippen LogP contribution >= 0.6 is 0 Å². The number of nitrogens with one attached hydrogen (secondary N) is 1. The van der Waals surface area contributed by atoms with Gasteiger partial charge in [-0.3, -0.25) is 9.59 Å². The predicted molar refractivity (Wildman–Crippen MR) is 106 cm³/mol. The van der Waals surface area contributed by atoms with Crippen molar-refractivity contribution in [3.63, 3.8) is 0 Å². The Bertz CT molecular complexity index is 996. The molecular formula is C22H23N3O2. The largest absolute Gasteiger partial charge is 0.369 e. The van der Waals surface area contributed by atoms with Gasteiger partial charge in [0.15, 0.2) is 0 Å². The Morgan fingerprint density at radius 3 is 2.33 bits per heavy atom. The first-order chi connectivity index (χ1) is 13.0. The van der Waals surface area contributed by atoms with Crippen molar-refractivity contribution in [1.29, 1.82) is 0 Å². The third-order valence-corrected chi connectivity index (χ3v) is 5.77. The molecule has 0 bridgehead atoms. The Labute approximate surface area is 158 Å². The number of fused-ring (bicyclic) bond motifs is 1. The lowest BCUT2D eigenvalue weighted by molar-refractivity contribution is -0.129. The molecule has 1 aliphatic heterocycles. The Kier molecular flexibility index (Phi) is 4.22. The van der Waals surface area contributed by atoms with Gasteiger partial charge in [0, 0.05) is 35.8 Å². The van der Waals surface area contributed by atoms with E-state index in [2.05, 4.69) is 23.2 Å². The quantitative estimate of drug-likeness (QED) is 0.748. The second-order valence-corrected chi connectivity index (χ2v) is 7.57. The minimum atomic E-state index is -0.502. The molecule has 2 aromatic carbocycles. The molecule has 1 fully saturated rings. The molecule has 27 heavy (non-hydrogen) atoms. The second-order valence-electron chi connectivity index (χ2n) is 7.57. The van der Waals surface area contributed by atoms with E-state index in [0.29, 0.717) is 31.5 Å². The number of hydrogen-bond donors (Lipinski definition) is 2. The fourth-order valence-corrected chi connectivity index (χ4v) is 3.67. The first-order valence-corrected chi connectivity index (χ1v) is 9.23. The molecule has 5 heteroatoms. The van der Waals surface area contributed by atoms with Crippen molar-refractivity contribution in [2.24, 2.45) is 11.1 Å². The van der Waals surface area contributed by atoms with E-state index in [1.54, 1.807) is 0 Å². The number of piperidine rings is 1. The van der Waals surface area contributed by atoms with E-state index in [4.69, 9.17) is 5.73 Å². The van der Waals surface area contributed by atoms with E-state index >= 15 is 0 Å². The zero-order valence-corrected chi connectivity index (χ0v) is 15.4. The zero-order valence-electron chi connectivity index (χ0n) is 15.4. The van der Waals surface area contributed by atoms with E-state index in [9.17, 15) is 9.59 Å². The lowest BCUT2D eigenvalue weighted by Gasteiger charge is -2.37. The monoisotopic (exact) mass is 361 g/mol. The molecule has 1 aromatic heterocycles. The molecule has 0 radical (unpaired) electrons. The van der Waals surface area contributed by atoms with Gasteiger partial charge in [0.1, 0.15) is 0 Å². The van der Waals surface area contributed by atoms with Crippen LogP contribution in [0, 0.1) is 5.41 Å². The number of primary amides is 1. The molecule has 1 saturated heterocycles. The molecule has 0 aliphatic carbocycles. The number of carbonyl (C=O) groups is 2. The van der Waals surface area contributed by atoms with Crippen LogP contribution in [-0.4, -0.2) is 34.8 Å². The van der Waals surface area contributed by atoms with E-state index in [-0.39, 0.29) is 11.8 Å². The van der Waals surface area contributed by atoms with Crippen LogP contribution in [0.1, 0.15) is 30.1 Å². The van der Waals surface area contributed by atoms with Crippen molar-refractivity contribution in [3.05, 3.63) is 60.3 Å². The van der Waals surface area contributed by atoms with Gasteiger partial charge in [-0.2, -0.15) is 0 Å². The lowest BCUT2D eigenvalue weighted by Crippen LogP contribution is -2.47. The molecular weight excluding hydrogens is 338 g/mol. The first kappa shape index (κ1) is 17.3. The molecule has 2 heterocycles. The van der Waals surface area contributed by atoms with E-state index < -0.39 is 5.41 Å². The summed E-state index contributed by atoms with van der Waals surface area (Å²) in [6.07, 6.45) is 3.16. The number of carbonyl (C=O) groups excluding carboxylic acids is 2. The normalized spacial score (nSPS) is 16.4. The summed E-state index contributed by atoms with van der Waals surface area (Å²) in [6, 6.07) is 16.0. The molecule has 1 aliphatic rings. The number of nitrogens with two attached hydrogens (primary N) is 1. The fourth-order valence-electron chi connectivity index (χ4n) is 3.67. The molecule has 4 rings (SSSR count). The number of aromatic amines is 1. The van der Waals surface area contributed by atoms with Crippen molar-refractivity contribution < 1.29 is 9.59 Å².